The molecular formula is C18H29N5O2. The van der Waals surface area contributed by atoms with E-state index in [1.807, 2.05) is 4.90 Å². The molecule has 3 fully saturated rings. The lowest BCUT2D eigenvalue weighted by atomic mass is 9.85. The molecule has 7 nitrogen and oxygen atoms in total. The number of carbonyl (C=O) groups is 2. The largest absolute Gasteiger partial charge is 0.339 e. The second-order valence-corrected chi connectivity index (χ2v) is 8.10. The van der Waals surface area contributed by atoms with Crippen LogP contribution in [-0.4, -0.2) is 60.0 Å². The Kier molecular flexibility index (Phi) is 5.19. The minimum Gasteiger partial charge on any atom is -0.339 e. The molecule has 2 heterocycles. The minimum atomic E-state index is -0.602. The molecule has 0 aromatic heterocycles. The molecule has 3 rings (SSSR count). The highest BCUT2D eigenvalue weighted by Crippen LogP contribution is 2.40. The first-order chi connectivity index (χ1) is 11.9. The van der Waals surface area contributed by atoms with Crippen LogP contribution in [-0.2, 0) is 4.79 Å². The highest BCUT2D eigenvalue weighted by Gasteiger charge is 2.46. The molecule has 25 heavy (non-hydrogen) atoms. The third-order valence-electron chi connectivity index (χ3n) is 5.92. The van der Waals surface area contributed by atoms with Gasteiger partial charge in [-0.3, -0.25) is 4.79 Å². The fraction of sp³-hybridized carbons (Fsp3) is 0.833. The average Bonchev–Trinajstić information content (AvgIpc) is 3.36. The summed E-state index contributed by atoms with van der Waals surface area (Å²) in [6, 6.07) is 1.55. The topological polar surface area (TPSA) is 102 Å². The van der Waals surface area contributed by atoms with Crippen LogP contribution in [0, 0.1) is 23.2 Å². The predicted octanol–water partition coefficient (Wildman–Crippen LogP) is 1.05. The van der Waals surface area contributed by atoms with Crippen molar-refractivity contribution < 1.29 is 9.59 Å². The molecule has 3 aliphatic rings. The van der Waals surface area contributed by atoms with Crippen LogP contribution in [0.3, 0.4) is 0 Å². The quantitative estimate of drug-likeness (QED) is 0.776. The van der Waals surface area contributed by atoms with Gasteiger partial charge in [-0.2, -0.15) is 5.26 Å². The van der Waals surface area contributed by atoms with E-state index in [4.69, 9.17) is 5.73 Å². The number of nitrogens with two attached hydrogens (primary N) is 1. The van der Waals surface area contributed by atoms with Crippen LogP contribution in [0.1, 0.15) is 44.9 Å². The van der Waals surface area contributed by atoms with Crippen LogP contribution < -0.4 is 11.1 Å². The maximum atomic E-state index is 12.5. The summed E-state index contributed by atoms with van der Waals surface area (Å²) in [4.78, 5) is 28.5. The maximum Gasteiger partial charge on any atom is 0.319 e. The molecule has 0 spiro atoms. The number of nitrogens with zero attached hydrogens (tertiary/aromatic N) is 3. The molecule has 2 saturated heterocycles. The molecule has 2 unspecified atom stereocenters. The molecule has 3 amide bonds. The van der Waals surface area contributed by atoms with E-state index in [0.717, 1.165) is 44.9 Å². The molecular weight excluding hydrogens is 318 g/mol. The lowest BCUT2D eigenvalue weighted by molar-refractivity contribution is -0.124. The number of nitriles is 1. The smallest absolute Gasteiger partial charge is 0.319 e. The van der Waals surface area contributed by atoms with E-state index in [2.05, 4.69) is 11.4 Å². The van der Waals surface area contributed by atoms with Crippen molar-refractivity contribution in [2.45, 2.75) is 69.1 Å². The monoisotopic (exact) mass is 347 g/mol. The normalized spacial score (nSPS) is 30.3. The lowest BCUT2D eigenvalue weighted by Gasteiger charge is -2.41. The summed E-state index contributed by atoms with van der Waals surface area (Å²) < 4.78 is 0. The summed E-state index contributed by atoms with van der Waals surface area (Å²) in [7, 11) is 3.55. The first kappa shape index (κ1) is 18.0. The summed E-state index contributed by atoms with van der Waals surface area (Å²) in [5.41, 5.74) is 6.24. The summed E-state index contributed by atoms with van der Waals surface area (Å²) >= 11 is 0. The first-order valence-corrected chi connectivity index (χ1v) is 9.36. The van der Waals surface area contributed by atoms with E-state index in [1.165, 1.54) is 0 Å². The van der Waals surface area contributed by atoms with Crippen molar-refractivity contribution in [3.8, 4) is 6.07 Å². The molecule has 0 radical (unpaired) electrons. The van der Waals surface area contributed by atoms with Gasteiger partial charge in [0.05, 0.1) is 12.1 Å². The van der Waals surface area contributed by atoms with Gasteiger partial charge in [-0.25, -0.2) is 4.79 Å². The molecule has 0 aromatic carbocycles. The fourth-order valence-electron chi connectivity index (χ4n) is 4.37. The van der Waals surface area contributed by atoms with Gasteiger partial charge in [0.25, 0.3) is 0 Å². The van der Waals surface area contributed by atoms with Gasteiger partial charge in [0.2, 0.25) is 5.91 Å². The van der Waals surface area contributed by atoms with Gasteiger partial charge in [0.15, 0.2) is 0 Å². The number of piperidine rings is 1. The number of rotatable bonds is 5. The third-order valence-corrected chi connectivity index (χ3v) is 5.92. The summed E-state index contributed by atoms with van der Waals surface area (Å²) in [6.45, 7) is 0. The second kappa shape index (κ2) is 7.20. The lowest BCUT2D eigenvalue weighted by Crippen LogP contribution is -2.56. The van der Waals surface area contributed by atoms with Crippen LogP contribution in [0.15, 0.2) is 0 Å². The molecule has 4 atom stereocenters. The van der Waals surface area contributed by atoms with Gasteiger partial charge in [-0.1, -0.05) is 12.8 Å². The molecule has 138 valence electrons. The molecule has 1 saturated carbocycles. The number of carbonyl (C=O) groups excluding carboxylic acids is 2. The van der Waals surface area contributed by atoms with Crippen LogP contribution in [0.25, 0.3) is 0 Å². The van der Waals surface area contributed by atoms with E-state index in [-0.39, 0.29) is 29.9 Å². The van der Waals surface area contributed by atoms with Crippen molar-refractivity contribution >= 4 is 11.9 Å². The molecule has 7 heteroatoms. The van der Waals surface area contributed by atoms with Crippen LogP contribution in [0.5, 0.6) is 0 Å². The Morgan fingerprint density at radius 1 is 1.24 bits per heavy atom. The van der Waals surface area contributed by atoms with Crippen LogP contribution >= 0.6 is 0 Å². The van der Waals surface area contributed by atoms with E-state index in [9.17, 15) is 14.9 Å². The molecule has 2 aliphatic heterocycles. The SMILES string of the molecule is CN(C)C(=O)N1C2CCC1CC([C@H](N)C(=O)N[C@H](C#N)CC1CC1)C2. The summed E-state index contributed by atoms with van der Waals surface area (Å²) in [6.07, 6.45) is 6.55. The van der Waals surface area contributed by atoms with Crippen LogP contribution in [0.4, 0.5) is 4.79 Å². The Labute approximate surface area is 149 Å². The third kappa shape index (κ3) is 3.90. The summed E-state index contributed by atoms with van der Waals surface area (Å²) in [5.74, 6) is 0.435. The van der Waals surface area contributed by atoms with Gasteiger partial charge in [0.1, 0.15) is 6.04 Å². The van der Waals surface area contributed by atoms with Crippen molar-refractivity contribution in [1.82, 2.24) is 15.1 Å². The molecule has 2 bridgehead atoms. The number of amides is 3. The van der Waals surface area contributed by atoms with Gasteiger partial charge < -0.3 is 20.9 Å². The Bertz CT molecular complexity index is 554. The van der Waals surface area contributed by atoms with Crippen molar-refractivity contribution in [3.63, 3.8) is 0 Å². The standard InChI is InChI=1S/C18H29N5O2/c1-22(2)18(25)23-14-5-6-15(23)9-12(8-14)16(20)17(24)21-13(10-19)7-11-3-4-11/h11-16H,3-9,20H2,1-2H3,(H,21,24)/t12?,13-,14?,15?,16-/m0/s1. The van der Waals surface area contributed by atoms with E-state index < -0.39 is 12.1 Å². The molecule has 3 N–H and O–H groups in total. The molecule has 0 aromatic rings. The van der Waals surface area contributed by atoms with E-state index in [1.54, 1.807) is 19.0 Å². The number of hydrogen-bond acceptors (Lipinski definition) is 4. The minimum absolute atomic E-state index is 0.0537. The van der Waals surface area contributed by atoms with E-state index >= 15 is 0 Å². The number of hydrogen-bond donors (Lipinski definition) is 2. The highest BCUT2D eigenvalue weighted by atomic mass is 16.2. The van der Waals surface area contributed by atoms with Crippen LogP contribution in [0.2, 0.25) is 0 Å². The Hall–Kier alpha value is -1.81. The van der Waals surface area contributed by atoms with Crippen molar-refractivity contribution in [3.05, 3.63) is 0 Å². The predicted molar refractivity (Wildman–Crippen MR) is 93.3 cm³/mol. The Balaban J connectivity index is 1.57. The zero-order chi connectivity index (χ0) is 18.1. The van der Waals surface area contributed by atoms with Crippen molar-refractivity contribution in [1.29, 1.82) is 5.26 Å². The highest BCUT2D eigenvalue weighted by molar-refractivity contribution is 5.82. The van der Waals surface area contributed by atoms with Gasteiger partial charge in [-0.15, -0.1) is 0 Å². The van der Waals surface area contributed by atoms with Gasteiger partial charge in [-0.05, 0) is 43.9 Å². The van der Waals surface area contributed by atoms with Gasteiger partial charge >= 0.3 is 6.03 Å². The maximum absolute atomic E-state index is 12.5. The van der Waals surface area contributed by atoms with Gasteiger partial charge in [0, 0.05) is 26.2 Å². The number of nitrogens with one attached hydrogen (secondary N) is 1. The molecule has 1 aliphatic carbocycles. The average molecular weight is 347 g/mol. The first-order valence-electron chi connectivity index (χ1n) is 9.36. The second-order valence-electron chi connectivity index (χ2n) is 8.10. The van der Waals surface area contributed by atoms with Crippen molar-refractivity contribution in [2.24, 2.45) is 17.6 Å². The zero-order valence-electron chi connectivity index (χ0n) is 15.1. The van der Waals surface area contributed by atoms with E-state index in [0.29, 0.717) is 5.92 Å². The zero-order valence-corrected chi connectivity index (χ0v) is 15.1. The Morgan fingerprint density at radius 3 is 2.32 bits per heavy atom. The number of fused-ring (bicyclic) bond motifs is 2. The summed E-state index contributed by atoms with van der Waals surface area (Å²) in [5, 5.41) is 12.1. The number of urea groups is 1. The van der Waals surface area contributed by atoms with Crippen molar-refractivity contribution in [2.75, 3.05) is 14.1 Å². The Morgan fingerprint density at radius 2 is 1.84 bits per heavy atom. The fourth-order valence-corrected chi connectivity index (χ4v) is 4.37.